The molecule has 2 aromatic carbocycles. The van der Waals surface area contributed by atoms with Crippen molar-refractivity contribution in [2.75, 3.05) is 0 Å². The van der Waals surface area contributed by atoms with Crippen LogP contribution in [0, 0.1) is 0 Å². The second kappa shape index (κ2) is 6.37. The van der Waals surface area contributed by atoms with Gasteiger partial charge < -0.3 is 9.84 Å². The zero-order chi connectivity index (χ0) is 16.2. The highest BCUT2D eigenvalue weighted by atomic mass is 16.5. The molecule has 0 bridgehead atoms. The van der Waals surface area contributed by atoms with Crippen LogP contribution >= 0.6 is 0 Å². The quantitative estimate of drug-likeness (QED) is 0.592. The number of ether oxygens (including phenoxy) is 1. The minimum atomic E-state index is -0.591. The SMILES string of the molecule is O=Cc1ccnc(OC(=O)c2cccc3ccccc23)c1CO. The number of benzene rings is 2. The number of fused-ring (bicyclic) bond motifs is 1. The summed E-state index contributed by atoms with van der Waals surface area (Å²) in [6.45, 7) is -0.444. The lowest BCUT2D eigenvalue weighted by Crippen LogP contribution is -2.12. The Kier molecular flexibility index (Phi) is 4.12. The second-order valence-electron chi connectivity index (χ2n) is 4.88. The van der Waals surface area contributed by atoms with Crippen LogP contribution in [0.2, 0.25) is 0 Å². The lowest BCUT2D eigenvalue weighted by atomic mass is 10.0. The molecule has 0 radical (unpaired) electrons. The van der Waals surface area contributed by atoms with Crippen molar-refractivity contribution in [2.24, 2.45) is 0 Å². The van der Waals surface area contributed by atoms with Gasteiger partial charge >= 0.3 is 5.97 Å². The Bertz CT molecular complexity index is 884. The molecule has 1 N–H and O–H groups in total. The van der Waals surface area contributed by atoms with Crippen LogP contribution in [-0.2, 0) is 6.61 Å². The first kappa shape index (κ1) is 14.9. The Labute approximate surface area is 132 Å². The van der Waals surface area contributed by atoms with Crippen LogP contribution in [-0.4, -0.2) is 22.3 Å². The topological polar surface area (TPSA) is 76.5 Å². The summed E-state index contributed by atoms with van der Waals surface area (Å²) in [6, 6.07) is 14.2. The van der Waals surface area contributed by atoms with Crippen molar-refractivity contribution in [3.63, 3.8) is 0 Å². The fraction of sp³-hybridized carbons (Fsp3) is 0.0556. The number of carbonyl (C=O) groups is 2. The number of esters is 1. The molecule has 0 saturated heterocycles. The largest absolute Gasteiger partial charge is 0.403 e. The van der Waals surface area contributed by atoms with E-state index in [2.05, 4.69) is 4.98 Å². The molecule has 114 valence electrons. The van der Waals surface area contributed by atoms with Gasteiger partial charge in [-0.25, -0.2) is 9.78 Å². The molecule has 0 unspecified atom stereocenters. The van der Waals surface area contributed by atoms with Gasteiger partial charge in [0.1, 0.15) is 0 Å². The van der Waals surface area contributed by atoms with Gasteiger partial charge in [-0.05, 0) is 22.9 Å². The van der Waals surface area contributed by atoms with Gasteiger partial charge in [0.15, 0.2) is 6.29 Å². The minimum Gasteiger partial charge on any atom is -0.403 e. The molecule has 0 amide bonds. The maximum Gasteiger partial charge on any atom is 0.345 e. The van der Waals surface area contributed by atoms with Crippen molar-refractivity contribution < 1.29 is 19.4 Å². The molecule has 0 aliphatic heterocycles. The number of nitrogens with zero attached hydrogens (tertiary/aromatic N) is 1. The van der Waals surface area contributed by atoms with Crippen LogP contribution < -0.4 is 4.74 Å². The van der Waals surface area contributed by atoms with Crippen LogP contribution in [0.4, 0.5) is 0 Å². The maximum atomic E-state index is 12.5. The first-order chi connectivity index (χ1) is 11.2. The van der Waals surface area contributed by atoms with Gasteiger partial charge in [0, 0.05) is 11.8 Å². The predicted octanol–water partition coefficient (Wildman–Crippen LogP) is 2.76. The Balaban J connectivity index is 2.00. The first-order valence-electron chi connectivity index (χ1n) is 6.98. The second-order valence-corrected chi connectivity index (χ2v) is 4.88. The predicted molar refractivity (Wildman–Crippen MR) is 84.5 cm³/mol. The van der Waals surface area contributed by atoms with Gasteiger partial charge in [0.2, 0.25) is 5.88 Å². The van der Waals surface area contributed by atoms with E-state index in [1.165, 1.54) is 12.3 Å². The fourth-order valence-electron chi connectivity index (χ4n) is 2.39. The Morgan fingerprint density at radius 3 is 2.70 bits per heavy atom. The molecular formula is C18H13NO4. The number of aliphatic hydroxyl groups excluding tert-OH is 1. The summed E-state index contributed by atoms with van der Waals surface area (Å²) in [5.41, 5.74) is 0.824. The smallest absolute Gasteiger partial charge is 0.345 e. The summed E-state index contributed by atoms with van der Waals surface area (Å²) in [4.78, 5) is 27.4. The molecule has 23 heavy (non-hydrogen) atoms. The Morgan fingerprint density at radius 1 is 1.13 bits per heavy atom. The Hall–Kier alpha value is -3.05. The molecule has 0 aliphatic carbocycles. The number of hydrogen-bond donors (Lipinski definition) is 1. The molecule has 5 heteroatoms. The van der Waals surface area contributed by atoms with Crippen molar-refractivity contribution in [1.82, 2.24) is 4.98 Å². The molecule has 0 aliphatic rings. The highest BCUT2D eigenvalue weighted by Crippen LogP contribution is 2.23. The third-order valence-electron chi connectivity index (χ3n) is 3.54. The van der Waals surface area contributed by atoms with Crippen LogP contribution in [0.5, 0.6) is 5.88 Å². The number of aliphatic hydroxyl groups is 1. The summed E-state index contributed by atoms with van der Waals surface area (Å²) in [7, 11) is 0. The molecule has 0 atom stereocenters. The average Bonchev–Trinajstić information content (AvgIpc) is 2.60. The fourth-order valence-corrected chi connectivity index (χ4v) is 2.39. The van der Waals surface area contributed by atoms with Crippen LogP contribution in [0.1, 0.15) is 26.3 Å². The molecule has 1 aromatic heterocycles. The van der Waals surface area contributed by atoms with Gasteiger partial charge in [0.25, 0.3) is 0 Å². The minimum absolute atomic E-state index is 0.0602. The summed E-state index contributed by atoms with van der Waals surface area (Å²) >= 11 is 0. The zero-order valence-corrected chi connectivity index (χ0v) is 12.1. The lowest BCUT2D eigenvalue weighted by molar-refractivity contribution is 0.0724. The van der Waals surface area contributed by atoms with Crippen molar-refractivity contribution in [3.8, 4) is 5.88 Å². The highest BCUT2D eigenvalue weighted by molar-refractivity contribution is 6.05. The summed E-state index contributed by atoms with van der Waals surface area (Å²) < 4.78 is 5.30. The van der Waals surface area contributed by atoms with E-state index in [0.29, 0.717) is 11.8 Å². The monoisotopic (exact) mass is 307 g/mol. The lowest BCUT2D eigenvalue weighted by Gasteiger charge is -2.10. The molecule has 0 fully saturated rings. The van der Waals surface area contributed by atoms with Crippen LogP contribution in [0.3, 0.4) is 0 Å². The number of aromatic nitrogens is 1. The van der Waals surface area contributed by atoms with Crippen molar-refractivity contribution >= 4 is 23.0 Å². The average molecular weight is 307 g/mol. The van der Waals surface area contributed by atoms with E-state index in [0.717, 1.165) is 10.8 Å². The number of carbonyl (C=O) groups excluding carboxylic acids is 2. The van der Waals surface area contributed by atoms with Gasteiger partial charge in [0.05, 0.1) is 17.7 Å². The van der Waals surface area contributed by atoms with E-state index in [4.69, 9.17) is 4.74 Å². The van der Waals surface area contributed by atoms with E-state index in [1.807, 2.05) is 30.3 Å². The molecule has 1 heterocycles. The molecule has 0 spiro atoms. The highest BCUT2D eigenvalue weighted by Gasteiger charge is 2.17. The summed E-state index contributed by atoms with van der Waals surface area (Å²) in [6.07, 6.45) is 1.94. The normalized spacial score (nSPS) is 10.5. The van der Waals surface area contributed by atoms with Crippen molar-refractivity contribution in [3.05, 3.63) is 71.4 Å². The van der Waals surface area contributed by atoms with E-state index >= 15 is 0 Å². The van der Waals surface area contributed by atoms with Crippen LogP contribution in [0.15, 0.2) is 54.7 Å². The molecule has 5 nitrogen and oxygen atoms in total. The molecule has 3 aromatic rings. The van der Waals surface area contributed by atoms with E-state index in [1.54, 1.807) is 12.1 Å². The summed E-state index contributed by atoms with van der Waals surface area (Å²) in [5, 5.41) is 11.1. The van der Waals surface area contributed by atoms with E-state index in [9.17, 15) is 14.7 Å². The number of rotatable bonds is 4. The van der Waals surface area contributed by atoms with Gasteiger partial charge in [-0.2, -0.15) is 0 Å². The first-order valence-corrected chi connectivity index (χ1v) is 6.98. The van der Waals surface area contributed by atoms with Crippen molar-refractivity contribution in [2.45, 2.75) is 6.61 Å². The molecule has 3 rings (SSSR count). The standard InChI is InChI=1S/C18H13NO4/c20-10-13-8-9-19-17(16(13)11-21)23-18(22)15-7-3-5-12-4-1-2-6-14(12)15/h1-10,21H,11H2. The van der Waals surface area contributed by atoms with E-state index in [-0.39, 0.29) is 17.0 Å². The zero-order valence-electron chi connectivity index (χ0n) is 12.1. The maximum absolute atomic E-state index is 12.5. The molecule has 0 saturated carbocycles. The molecular weight excluding hydrogens is 294 g/mol. The summed E-state index contributed by atoms with van der Waals surface area (Å²) in [5.74, 6) is -0.651. The van der Waals surface area contributed by atoms with Crippen molar-refractivity contribution in [1.29, 1.82) is 0 Å². The number of hydrogen-bond acceptors (Lipinski definition) is 5. The Morgan fingerprint density at radius 2 is 1.91 bits per heavy atom. The number of pyridine rings is 1. The number of aldehydes is 1. The van der Waals surface area contributed by atoms with Gasteiger partial charge in [-0.1, -0.05) is 36.4 Å². The third-order valence-corrected chi connectivity index (χ3v) is 3.54. The van der Waals surface area contributed by atoms with Gasteiger partial charge in [-0.3, -0.25) is 4.79 Å². The van der Waals surface area contributed by atoms with Crippen LogP contribution in [0.25, 0.3) is 10.8 Å². The van der Waals surface area contributed by atoms with Gasteiger partial charge in [-0.15, -0.1) is 0 Å². The third kappa shape index (κ3) is 2.82. The van der Waals surface area contributed by atoms with E-state index < -0.39 is 12.6 Å².